The van der Waals surface area contributed by atoms with Crippen molar-refractivity contribution >= 4 is 5.91 Å². The zero-order valence-electron chi connectivity index (χ0n) is 13.7. The van der Waals surface area contributed by atoms with E-state index in [-0.39, 0.29) is 24.1 Å². The number of benzene rings is 1. The zero-order chi connectivity index (χ0) is 17.1. The van der Waals surface area contributed by atoms with Crippen LogP contribution < -0.4 is 5.56 Å². The SMILES string of the molecule is C#CCn1c(C(=O)N2CCCC2c2ccccc2)cc(C)cc1=O. The summed E-state index contributed by atoms with van der Waals surface area (Å²) in [4.78, 5) is 27.2. The molecule has 1 aromatic carbocycles. The van der Waals surface area contributed by atoms with Crippen LogP contribution in [0.5, 0.6) is 0 Å². The van der Waals surface area contributed by atoms with Gasteiger partial charge in [0.05, 0.1) is 12.6 Å². The fraction of sp³-hybridized carbons (Fsp3) is 0.300. The lowest BCUT2D eigenvalue weighted by Gasteiger charge is -2.26. The second-order valence-corrected chi connectivity index (χ2v) is 6.11. The number of hydrogen-bond acceptors (Lipinski definition) is 2. The Morgan fingerprint density at radius 2 is 2.04 bits per heavy atom. The van der Waals surface area contributed by atoms with Crippen molar-refractivity contribution in [1.29, 1.82) is 0 Å². The van der Waals surface area contributed by atoms with Gasteiger partial charge in [0, 0.05) is 12.6 Å². The van der Waals surface area contributed by atoms with Gasteiger partial charge in [-0.1, -0.05) is 36.3 Å². The topological polar surface area (TPSA) is 42.3 Å². The Balaban J connectivity index is 2.00. The lowest BCUT2D eigenvalue weighted by Crippen LogP contribution is -2.35. The van der Waals surface area contributed by atoms with E-state index in [9.17, 15) is 9.59 Å². The van der Waals surface area contributed by atoms with E-state index >= 15 is 0 Å². The van der Waals surface area contributed by atoms with Crippen molar-refractivity contribution in [3.05, 3.63) is 69.6 Å². The summed E-state index contributed by atoms with van der Waals surface area (Å²) in [6.45, 7) is 2.61. The Kier molecular flexibility index (Phi) is 4.52. The normalized spacial score (nSPS) is 16.8. The molecule has 1 aromatic heterocycles. The van der Waals surface area contributed by atoms with E-state index in [0.717, 1.165) is 24.0 Å². The Labute approximate surface area is 141 Å². The van der Waals surface area contributed by atoms with Crippen LogP contribution in [0, 0.1) is 19.3 Å². The van der Waals surface area contributed by atoms with E-state index in [2.05, 4.69) is 5.92 Å². The minimum absolute atomic E-state index is 0.0496. The molecule has 3 rings (SSSR count). The van der Waals surface area contributed by atoms with E-state index in [1.165, 1.54) is 10.6 Å². The Morgan fingerprint density at radius 1 is 1.29 bits per heavy atom. The number of pyridine rings is 1. The van der Waals surface area contributed by atoms with Gasteiger partial charge in [-0.05, 0) is 37.0 Å². The number of hydrogen-bond donors (Lipinski definition) is 0. The monoisotopic (exact) mass is 320 g/mol. The number of carbonyl (C=O) groups excluding carboxylic acids is 1. The molecule has 0 bridgehead atoms. The van der Waals surface area contributed by atoms with Crippen LogP contribution in [-0.2, 0) is 6.54 Å². The molecule has 1 aliphatic rings. The highest BCUT2D eigenvalue weighted by atomic mass is 16.2. The van der Waals surface area contributed by atoms with Crippen molar-refractivity contribution in [1.82, 2.24) is 9.47 Å². The first-order chi connectivity index (χ1) is 11.6. The first-order valence-corrected chi connectivity index (χ1v) is 8.12. The van der Waals surface area contributed by atoms with Crippen LogP contribution in [0.2, 0.25) is 0 Å². The number of carbonyl (C=O) groups is 1. The minimum atomic E-state index is -0.230. The van der Waals surface area contributed by atoms with E-state index < -0.39 is 0 Å². The number of terminal acetylenes is 1. The number of likely N-dealkylation sites (tertiary alicyclic amines) is 1. The van der Waals surface area contributed by atoms with Crippen molar-refractivity contribution in [3.8, 4) is 12.3 Å². The van der Waals surface area contributed by atoms with E-state index in [1.807, 2.05) is 42.2 Å². The van der Waals surface area contributed by atoms with Gasteiger partial charge in [-0.25, -0.2) is 0 Å². The van der Waals surface area contributed by atoms with Crippen molar-refractivity contribution in [2.75, 3.05) is 6.54 Å². The molecule has 4 heteroatoms. The average molecular weight is 320 g/mol. The van der Waals surface area contributed by atoms with Gasteiger partial charge in [0.1, 0.15) is 5.69 Å². The third-order valence-electron chi connectivity index (χ3n) is 4.44. The molecule has 0 radical (unpaired) electrons. The number of nitrogens with zero attached hydrogens (tertiary/aromatic N) is 2. The quantitative estimate of drug-likeness (QED) is 0.816. The summed E-state index contributed by atoms with van der Waals surface area (Å²) in [6, 6.07) is 13.3. The number of aromatic nitrogens is 1. The molecule has 0 saturated carbocycles. The van der Waals surface area contributed by atoms with Crippen LogP contribution in [0.15, 0.2) is 47.3 Å². The second-order valence-electron chi connectivity index (χ2n) is 6.11. The summed E-state index contributed by atoms with van der Waals surface area (Å²) >= 11 is 0. The van der Waals surface area contributed by atoms with Crippen molar-refractivity contribution in [3.63, 3.8) is 0 Å². The second kappa shape index (κ2) is 6.76. The highest BCUT2D eigenvalue weighted by molar-refractivity contribution is 5.93. The van der Waals surface area contributed by atoms with Gasteiger partial charge in [0.25, 0.3) is 11.5 Å². The molecule has 4 nitrogen and oxygen atoms in total. The van der Waals surface area contributed by atoms with Gasteiger partial charge in [-0.3, -0.25) is 14.2 Å². The third-order valence-corrected chi connectivity index (χ3v) is 4.44. The first-order valence-electron chi connectivity index (χ1n) is 8.12. The fourth-order valence-corrected chi connectivity index (χ4v) is 3.34. The highest BCUT2D eigenvalue weighted by Crippen LogP contribution is 2.32. The van der Waals surface area contributed by atoms with E-state index in [1.54, 1.807) is 6.07 Å². The van der Waals surface area contributed by atoms with Gasteiger partial charge in [-0.15, -0.1) is 6.42 Å². The maximum Gasteiger partial charge on any atom is 0.271 e. The summed E-state index contributed by atoms with van der Waals surface area (Å²) in [7, 11) is 0. The van der Waals surface area contributed by atoms with Gasteiger partial charge in [0.2, 0.25) is 0 Å². The predicted molar refractivity (Wildman–Crippen MR) is 93.7 cm³/mol. The molecule has 0 aliphatic carbocycles. The van der Waals surface area contributed by atoms with E-state index in [4.69, 9.17) is 6.42 Å². The smallest absolute Gasteiger partial charge is 0.271 e. The molecule has 2 aromatic rings. The maximum atomic E-state index is 13.1. The average Bonchev–Trinajstić information content (AvgIpc) is 3.07. The first kappa shape index (κ1) is 16.1. The van der Waals surface area contributed by atoms with Gasteiger partial charge >= 0.3 is 0 Å². The molecule has 0 N–H and O–H groups in total. The molecule has 1 aliphatic heterocycles. The summed E-state index contributed by atoms with van der Waals surface area (Å²) in [5.41, 5.74) is 2.04. The summed E-state index contributed by atoms with van der Waals surface area (Å²) in [5, 5.41) is 0. The Hall–Kier alpha value is -2.80. The summed E-state index contributed by atoms with van der Waals surface area (Å²) in [5.74, 6) is 2.34. The number of aryl methyl sites for hydroxylation is 1. The third kappa shape index (κ3) is 2.98. The van der Waals surface area contributed by atoms with Crippen LogP contribution in [0.4, 0.5) is 0 Å². The molecule has 1 fully saturated rings. The van der Waals surface area contributed by atoms with Crippen molar-refractivity contribution < 1.29 is 4.79 Å². The lowest BCUT2D eigenvalue weighted by molar-refractivity contribution is 0.0723. The lowest BCUT2D eigenvalue weighted by atomic mass is 10.0. The molecule has 1 atom stereocenters. The standard InChI is InChI=1S/C20H20N2O2/c1-3-11-21-18(13-15(2)14-19(21)23)20(24)22-12-7-10-17(22)16-8-5-4-6-9-16/h1,4-6,8-9,13-14,17H,7,10-12H2,2H3. The highest BCUT2D eigenvalue weighted by Gasteiger charge is 2.31. The molecule has 0 spiro atoms. The fourth-order valence-electron chi connectivity index (χ4n) is 3.34. The molecule has 1 unspecified atom stereocenters. The van der Waals surface area contributed by atoms with Crippen LogP contribution in [0.1, 0.15) is 40.5 Å². The van der Waals surface area contributed by atoms with Gasteiger partial charge < -0.3 is 4.90 Å². The van der Waals surface area contributed by atoms with Crippen LogP contribution in [-0.4, -0.2) is 21.9 Å². The molecular weight excluding hydrogens is 300 g/mol. The summed E-state index contributed by atoms with van der Waals surface area (Å²) in [6.07, 6.45) is 7.26. The molecule has 1 saturated heterocycles. The van der Waals surface area contributed by atoms with Crippen LogP contribution >= 0.6 is 0 Å². The number of rotatable bonds is 3. The molecule has 1 amide bonds. The largest absolute Gasteiger partial charge is 0.330 e. The van der Waals surface area contributed by atoms with Gasteiger partial charge in [0.15, 0.2) is 0 Å². The number of amides is 1. The van der Waals surface area contributed by atoms with Crippen molar-refractivity contribution in [2.45, 2.75) is 32.4 Å². The minimum Gasteiger partial charge on any atom is -0.330 e. The molecule has 2 heterocycles. The van der Waals surface area contributed by atoms with E-state index in [0.29, 0.717) is 12.2 Å². The Bertz CT molecular complexity index is 846. The Morgan fingerprint density at radius 3 is 2.75 bits per heavy atom. The zero-order valence-corrected chi connectivity index (χ0v) is 13.7. The van der Waals surface area contributed by atoms with Crippen LogP contribution in [0.3, 0.4) is 0 Å². The summed E-state index contributed by atoms with van der Waals surface area (Å²) < 4.78 is 1.38. The molecule has 24 heavy (non-hydrogen) atoms. The predicted octanol–water partition coefficient (Wildman–Crippen LogP) is 2.77. The van der Waals surface area contributed by atoms with Crippen LogP contribution in [0.25, 0.3) is 0 Å². The molecular formula is C20H20N2O2. The van der Waals surface area contributed by atoms with Gasteiger partial charge in [-0.2, -0.15) is 0 Å². The maximum absolute atomic E-state index is 13.1. The van der Waals surface area contributed by atoms with Crippen molar-refractivity contribution in [2.24, 2.45) is 0 Å². The molecule has 122 valence electrons.